The van der Waals surface area contributed by atoms with E-state index < -0.39 is 6.10 Å². The standard InChI is InChI=1S/C26H35N3O4/c1-20(30)26(18-27(2)3)21-8-10-24(11-9-21)33-19-23(31)17-28-12-14-29(15-13-28)22-6-5-7-25(16-22)32-4/h5-11,16,18,23,31H,12-15,17,19H2,1-4H3. The van der Waals surface area contributed by atoms with Gasteiger partial charge in [0.2, 0.25) is 0 Å². The van der Waals surface area contributed by atoms with Gasteiger partial charge in [-0.05, 0) is 36.8 Å². The Morgan fingerprint density at radius 1 is 1.09 bits per heavy atom. The number of hydrogen-bond acceptors (Lipinski definition) is 7. The van der Waals surface area contributed by atoms with Gasteiger partial charge in [0.05, 0.1) is 7.11 Å². The van der Waals surface area contributed by atoms with Gasteiger partial charge in [-0.25, -0.2) is 0 Å². The molecule has 0 spiro atoms. The third-order valence-corrected chi connectivity index (χ3v) is 5.63. The molecule has 0 bridgehead atoms. The predicted molar refractivity (Wildman–Crippen MR) is 132 cm³/mol. The highest BCUT2D eigenvalue weighted by Crippen LogP contribution is 2.23. The smallest absolute Gasteiger partial charge is 0.161 e. The van der Waals surface area contributed by atoms with E-state index in [1.165, 1.54) is 0 Å². The largest absolute Gasteiger partial charge is 0.497 e. The van der Waals surface area contributed by atoms with Crippen LogP contribution in [-0.4, -0.2) is 87.3 Å². The second kappa shape index (κ2) is 11.7. The number of anilines is 1. The van der Waals surface area contributed by atoms with Crippen LogP contribution in [-0.2, 0) is 4.79 Å². The van der Waals surface area contributed by atoms with Crippen molar-refractivity contribution >= 4 is 17.0 Å². The van der Waals surface area contributed by atoms with Crippen LogP contribution in [0.1, 0.15) is 12.5 Å². The lowest BCUT2D eigenvalue weighted by molar-refractivity contribution is -0.111. The molecule has 0 saturated carbocycles. The number of ether oxygens (including phenoxy) is 2. The van der Waals surface area contributed by atoms with E-state index in [9.17, 15) is 9.90 Å². The zero-order chi connectivity index (χ0) is 23.8. The molecule has 178 valence electrons. The first-order chi connectivity index (χ1) is 15.9. The van der Waals surface area contributed by atoms with Gasteiger partial charge in [-0.2, -0.15) is 0 Å². The number of piperazine rings is 1. The third-order valence-electron chi connectivity index (χ3n) is 5.63. The van der Waals surface area contributed by atoms with Crippen LogP contribution in [0.4, 0.5) is 5.69 Å². The minimum absolute atomic E-state index is 0.0132. The zero-order valence-corrected chi connectivity index (χ0v) is 20.0. The Morgan fingerprint density at radius 3 is 2.39 bits per heavy atom. The molecule has 2 aromatic rings. The Balaban J connectivity index is 1.45. The first-order valence-corrected chi connectivity index (χ1v) is 11.3. The van der Waals surface area contributed by atoms with E-state index in [0.29, 0.717) is 17.9 Å². The monoisotopic (exact) mass is 453 g/mol. The van der Waals surface area contributed by atoms with E-state index in [0.717, 1.165) is 43.2 Å². The Kier molecular flexibility index (Phi) is 8.74. The van der Waals surface area contributed by atoms with E-state index in [2.05, 4.69) is 21.9 Å². The molecule has 0 aliphatic carbocycles. The molecule has 1 fully saturated rings. The summed E-state index contributed by atoms with van der Waals surface area (Å²) >= 11 is 0. The fraction of sp³-hybridized carbons (Fsp3) is 0.423. The zero-order valence-electron chi connectivity index (χ0n) is 20.0. The number of rotatable bonds is 10. The van der Waals surface area contributed by atoms with Gasteiger partial charge in [0.15, 0.2) is 5.78 Å². The number of ketones is 1. The molecule has 3 rings (SSSR count). The Bertz CT molecular complexity index is 935. The third kappa shape index (κ3) is 7.23. The summed E-state index contributed by atoms with van der Waals surface area (Å²) in [5.74, 6) is 1.55. The molecule has 2 aromatic carbocycles. The number of aliphatic hydroxyl groups excluding tert-OH is 1. The summed E-state index contributed by atoms with van der Waals surface area (Å²) in [4.78, 5) is 18.4. The molecule has 1 heterocycles. The molecule has 1 saturated heterocycles. The first kappa shape index (κ1) is 24.6. The van der Waals surface area contributed by atoms with Crippen LogP contribution in [0.15, 0.2) is 54.7 Å². The summed E-state index contributed by atoms with van der Waals surface area (Å²) in [6, 6.07) is 15.5. The second-order valence-electron chi connectivity index (χ2n) is 8.54. The summed E-state index contributed by atoms with van der Waals surface area (Å²) < 4.78 is 11.1. The van der Waals surface area contributed by atoms with Crippen molar-refractivity contribution in [2.75, 3.05) is 65.4 Å². The first-order valence-electron chi connectivity index (χ1n) is 11.3. The number of carbonyl (C=O) groups excluding carboxylic acids is 1. The lowest BCUT2D eigenvalue weighted by Crippen LogP contribution is -2.49. The van der Waals surface area contributed by atoms with Crippen LogP contribution in [0.2, 0.25) is 0 Å². The van der Waals surface area contributed by atoms with Gasteiger partial charge in [0.25, 0.3) is 0 Å². The maximum absolute atomic E-state index is 11.9. The number of aliphatic hydroxyl groups is 1. The summed E-state index contributed by atoms with van der Waals surface area (Å²) in [6.45, 7) is 5.94. The van der Waals surface area contributed by atoms with Gasteiger partial charge in [-0.15, -0.1) is 0 Å². The van der Waals surface area contributed by atoms with Gasteiger partial charge < -0.3 is 24.4 Å². The van der Waals surface area contributed by atoms with Crippen molar-refractivity contribution in [3.8, 4) is 11.5 Å². The van der Waals surface area contributed by atoms with Crippen LogP contribution in [0.25, 0.3) is 5.57 Å². The number of nitrogens with zero attached hydrogens (tertiary/aromatic N) is 3. The molecule has 1 unspecified atom stereocenters. The molecule has 0 amide bonds. The van der Waals surface area contributed by atoms with Gasteiger partial charge in [0, 0.05) is 70.3 Å². The molecule has 0 aromatic heterocycles. The number of benzene rings is 2. The van der Waals surface area contributed by atoms with Crippen molar-refractivity contribution in [2.45, 2.75) is 13.0 Å². The van der Waals surface area contributed by atoms with Gasteiger partial charge >= 0.3 is 0 Å². The molecule has 0 radical (unpaired) electrons. The van der Waals surface area contributed by atoms with Crippen LogP contribution >= 0.6 is 0 Å². The highest BCUT2D eigenvalue weighted by Gasteiger charge is 2.20. The molecule has 1 aliphatic rings. The van der Waals surface area contributed by atoms with Crippen molar-refractivity contribution in [3.63, 3.8) is 0 Å². The lowest BCUT2D eigenvalue weighted by Gasteiger charge is -2.37. The van der Waals surface area contributed by atoms with Gasteiger partial charge in [0.1, 0.15) is 24.2 Å². The average molecular weight is 454 g/mol. The average Bonchev–Trinajstić information content (AvgIpc) is 2.82. The normalized spacial score (nSPS) is 15.8. The van der Waals surface area contributed by atoms with Crippen LogP contribution in [0.5, 0.6) is 11.5 Å². The molecule has 7 nitrogen and oxygen atoms in total. The Labute approximate surface area is 196 Å². The minimum Gasteiger partial charge on any atom is -0.497 e. The number of β-amino-alcohol motifs (C(OH)–C–C–N with tert-alkyl or cyclic N) is 1. The highest BCUT2D eigenvalue weighted by atomic mass is 16.5. The van der Waals surface area contributed by atoms with Gasteiger partial charge in [-0.1, -0.05) is 18.2 Å². The number of hydrogen-bond donors (Lipinski definition) is 1. The van der Waals surface area contributed by atoms with Crippen molar-refractivity contribution < 1.29 is 19.4 Å². The van der Waals surface area contributed by atoms with E-state index >= 15 is 0 Å². The topological polar surface area (TPSA) is 65.5 Å². The molecule has 1 N–H and O–H groups in total. The summed E-state index contributed by atoms with van der Waals surface area (Å²) in [7, 11) is 5.46. The van der Waals surface area contributed by atoms with E-state index in [1.807, 2.05) is 61.6 Å². The summed E-state index contributed by atoms with van der Waals surface area (Å²) in [5.41, 5.74) is 2.66. The van der Waals surface area contributed by atoms with Crippen LogP contribution in [0.3, 0.4) is 0 Å². The van der Waals surface area contributed by atoms with E-state index in [-0.39, 0.29) is 12.4 Å². The molecule has 33 heavy (non-hydrogen) atoms. The van der Waals surface area contributed by atoms with Crippen LogP contribution in [0, 0.1) is 0 Å². The van der Waals surface area contributed by atoms with Gasteiger partial charge in [-0.3, -0.25) is 9.69 Å². The van der Waals surface area contributed by atoms with Crippen molar-refractivity contribution in [1.29, 1.82) is 0 Å². The molecule has 1 atom stereocenters. The van der Waals surface area contributed by atoms with Crippen molar-refractivity contribution in [2.24, 2.45) is 0 Å². The Hall–Kier alpha value is -3.03. The van der Waals surface area contributed by atoms with Crippen molar-refractivity contribution in [1.82, 2.24) is 9.80 Å². The number of carbonyl (C=O) groups is 1. The summed E-state index contributed by atoms with van der Waals surface area (Å²) in [6.07, 6.45) is 1.24. The molecular weight excluding hydrogens is 418 g/mol. The number of allylic oxidation sites excluding steroid dienone is 1. The molecular formula is C26H35N3O4. The van der Waals surface area contributed by atoms with E-state index in [1.54, 1.807) is 14.0 Å². The minimum atomic E-state index is -0.575. The Morgan fingerprint density at radius 2 is 1.79 bits per heavy atom. The number of methoxy groups -OCH3 is 1. The molecule has 1 aliphatic heterocycles. The van der Waals surface area contributed by atoms with E-state index in [4.69, 9.17) is 9.47 Å². The fourth-order valence-electron chi connectivity index (χ4n) is 3.90. The maximum Gasteiger partial charge on any atom is 0.161 e. The lowest BCUT2D eigenvalue weighted by atomic mass is 10.0. The molecule has 7 heteroatoms. The highest BCUT2D eigenvalue weighted by molar-refractivity contribution is 6.19. The SMILES string of the molecule is COc1cccc(N2CCN(CC(O)COc3ccc(C(=CN(C)C)C(C)=O)cc3)CC2)c1. The predicted octanol–water partition coefficient (Wildman–Crippen LogP) is 2.75. The quantitative estimate of drug-likeness (QED) is 0.555. The summed E-state index contributed by atoms with van der Waals surface area (Å²) in [5, 5.41) is 10.5. The maximum atomic E-state index is 11.9. The van der Waals surface area contributed by atoms with Crippen LogP contribution < -0.4 is 14.4 Å². The fourth-order valence-corrected chi connectivity index (χ4v) is 3.90. The second-order valence-corrected chi connectivity index (χ2v) is 8.54. The number of Topliss-reactive ketones (excluding diaryl/α,β-unsaturated/α-hetero) is 1. The van der Waals surface area contributed by atoms with Crippen molar-refractivity contribution in [3.05, 3.63) is 60.3 Å².